The minimum atomic E-state index is -0.255. The van der Waals surface area contributed by atoms with Gasteiger partial charge in [-0.2, -0.15) is 0 Å². The quantitative estimate of drug-likeness (QED) is 0.415. The Bertz CT molecular complexity index is 1250. The lowest BCUT2D eigenvalue weighted by Gasteiger charge is -2.07. The van der Waals surface area contributed by atoms with E-state index in [2.05, 4.69) is 15.6 Å². The Morgan fingerprint density at radius 2 is 1.79 bits per heavy atom. The first-order valence-corrected chi connectivity index (χ1v) is 11.4. The van der Waals surface area contributed by atoms with E-state index in [1.165, 1.54) is 11.8 Å². The zero-order valence-electron chi connectivity index (χ0n) is 17.0. The molecule has 0 saturated carbocycles. The summed E-state index contributed by atoms with van der Waals surface area (Å²) in [7, 11) is 0. The van der Waals surface area contributed by atoms with E-state index in [4.69, 9.17) is 27.9 Å². The number of anilines is 1. The molecule has 9 heteroatoms. The lowest BCUT2D eigenvalue weighted by Crippen LogP contribution is -2.20. The van der Waals surface area contributed by atoms with E-state index in [1.54, 1.807) is 60.7 Å². The van der Waals surface area contributed by atoms with Gasteiger partial charge in [0.15, 0.2) is 11.8 Å². The smallest absolute Gasteiger partial charge is 0.264 e. The summed E-state index contributed by atoms with van der Waals surface area (Å²) in [4.78, 5) is 29.2. The van der Waals surface area contributed by atoms with Gasteiger partial charge in [0.2, 0.25) is 0 Å². The van der Waals surface area contributed by atoms with Crippen LogP contribution in [0.1, 0.15) is 5.56 Å². The fraction of sp³-hybridized carbons (Fsp3) is 0.0417. The summed E-state index contributed by atoms with van der Waals surface area (Å²) in [5.41, 5.74) is 1.99. The van der Waals surface area contributed by atoms with Gasteiger partial charge < -0.3 is 15.4 Å². The minimum Gasteiger partial charge on any atom is -0.484 e. The van der Waals surface area contributed by atoms with Crippen LogP contribution >= 0.6 is 35.0 Å². The number of amidine groups is 1. The number of nitrogens with zero attached hydrogens (tertiary/aromatic N) is 1. The summed E-state index contributed by atoms with van der Waals surface area (Å²) in [6, 6.07) is 21.4. The first kappa shape index (κ1) is 22.9. The number of benzene rings is 3. The Hall–Kier alpha value is -3.26. The number of carbonyl (C=O) groups is 2. The largest absolute Gasteiger partial charge is 0.484 e. The van der Waals surface area contributed by atoms with Crippen LogP contribution in [0.2, 0.25) is 10.0 Å². The van der Waals surface area contributed by atoms with Gasteiger partial charge in [0.05, 0.1) is 20.6 Å². The maximum Gasteiger partial charge on any atom is 0.264 e. The molecular formula is C24H17Cl2N3O3S. The summed E-state index contributed by atoms with van der Waals surface area (Å²) in [6.45, 7) is -0.112. The lowest BCUT2D eigenvalue weighted by atomic mass is 10.2. The van der Waals surface area contributed by atoms with Crippen molar-refractivity contribution in [1.82, 2.24) is 5.32 Å². The highest BCUT2D eigenvalue weighted by Gasteiger charge is 2.24. The average molecular weight is 498 g/mol. The van der Waals surface area contributed by atoms with Gasteiger partial charge in [0.25, 0.3) is 11.8 Å². The SMILES string of the molecule is O=C(COc1ccc(/C=C2/SC(=Nc3cccc(Cl)c3Cl)NC2=O)cc1)Nc1ccccc1. The van der Waals surface area contributed by atoms with Crippen LogP contribution in [0, 0.1) is 0 Å². The van der Waals surface area contributed by atoms with Crippen molar-refractivity contribution in [3.8, 4) is 5.75 Å². The van der Waals surface area contributed by atoms with Gasteiger partial charge in [-0.3, -0.25) is 9.59 Å². The Morgan fingerprint density at radius 1 is 1.03 bits per heavy atom. The van der Waals surface area contributed by atoms with Crippen molar-refractivity contribution < 1.29 is 14.3 Å². The van der Waals surface area contributed by atoms with E-state index < -0.39 is 0 Å². The number of carbonyl (C=O) groups excluding carboxylic acids is 2. The lowest BCUT2D eigenvalue weighted by molar-refractivity contribution is -0.118. The van der Waals surface area contributed by atoms with Crippen molar-refractivity contribution in [3.05, 3.63) is 93.3 Å². The van der Waals surface area contributed by atoms with Gasteiger partial charge in [-0.1, -0.05) is 59.6 Å². The number of hydrogen-bond donors (Lipinski definition) is 2. The van der Waals surface area contributed by atoms with Crippen LogP contribution in [0.5, 0.6) is 5.75 Å². The number of ether oxygens (including phenoxy) is 1. The normalized spacial score (nSPS) is 15.5. The number of halogens is 2. The topological polar surface area (TPSA) is 79.8 Å². The molecule has 166 valence electrons. The van der Waals surface area contributed by atoms with Gasteiger partial charge in [-0.25, -0.2) is 4.99 Å². The van der Waals surface area contributed by atoms with Crippen molar-refractivity contribution in [3.63, 3.8) is 0 Å². The second kappa shape index (κ2) is 10.6. The molecule has 0 aliphatic carbocycles. The molecule has 2 N–H and O–H groups in total. The highest BCUT2D eigenvalue weighted by atomic mass is 35.5. The molecule has 0 bridgehead atoms. The number of nitrogens with one attached hydrogen (secondary N) is 2. The maximum absolute atomic E-state index is 12.3. The predicted octanol–water partition coefficient (Wildman–Crippen LogP) is 5.90. The van der Waals surface area contributed by atoms with Crippen molar-refractivity contribution in [1.29, 1.82) is 0 Å². The van der Waals surface area contributed by atoms with Gasteiger partial charge in [-0.15, -0.1) is 0 Å². The predicted molar refractivity (Wildman–Crippen MR) is 134 cm³/mol. The molecule has 3 aromatic rings. The number of amides is 2. The van der Waals surface area contributed by atoms with E-state index in [0.717, 1.165) is 5.56 Å². The second-order valence-corrected chi connectivity index (χ2v) is 8.64. The molecule has 1 saturated heterocycles. The monoisotopic (exact) mass is 497 g/mol. The molecule has 4 rings (SSSR count). The molecule has 3 aromatic carbocycles. The molecule has 6 nitrogen and oxygen atoms in total. The van der Waals surface area contributed by atoms with E-state index in [1.807, 2.05) is 18.2 Å². The maximum atomic E-state index is 12.3. The summed E-state index contributed by atoms with van der Waals surface area (Å²) in [5.74, 6) is 0.0367. The average Bonchev–Trinajstić information content (AvgIpc) is 3.15. The van der Waals surface area contributed by atoms with Crippen LogP contribution in [-0.2, 0) is 9.59 Å². The van der Waals surface area contributed by atoms with E-state index >= 15 is 0 Å². The second-order valence-electron chi connectivity index (χ2n) is 6.83. The standard InChI is InChI=1S/C24H17Cl2N3O3S/c25-18-7-4-8-19(22(18)26)28-24-29-23(31)20(33-24)13-15-9-11-17(12-10-15)32-14-21(30)27-16-5-2-1-3-6-16/h1-13H,14H2,(H,27,30)(H,28,29,31)/b20-13+. The van der Waals surface area contributed by atoms with Crippen LogP contribution in [0.3, 0.4) is 0 Å². The molecule has 1 heterocycles. The van der Waals surface area contributed by atoms with Crippen molar-refractivity contribution >= 4 is 69.4 Å². The van der Waals surface area contributed by atoms with Crippen LogP contribution < -0.4 is 15.4 Å². The van der Waals surface area contributed by atoms with Crippen LogP contribution in [0.25, 0.3) is 6.08 Å². The van der Waals surface area contributed by atoms with Crippen LogP contribution in [0.15, 0.2) is 82.7 Å². The third-order valence-corrected chi connectivity index (χ3v) is 6.13. The highest BCUT2D eigenvalue weighted by molar-refractivity contribution is 8.18. The zero-order valence-corrected chi connectivity index (χ0v) is 19.4. The van der Waals surface area contributed by atoms with Gasteiger partial charge in [0.1, 0.15) is 5.75 Å². The Labute approximate surface area is 204 Å². The summed E-state index contributed by atoms with van der Waals surface area (Å²) < 4.78 is 5.53. The first-order valence-electron chi connectivity index (χ1n) is 9.79. The molecular weight excluding hydrogens is 481 g/mol. The molecule has 2 amide bonds. The van der Waals surface area contributed by atoms with Gasteiger partial charge in [-0.05, 0) is 59.8 Å². The number of aliphatic imine (C=N–C) groups is 1. The number of para-hydroxylation sites is 1. The van der Waals surface area contributed by atoms with E-state index in [9.17, 15) is 9.59 Å². The highest BCUT2D eigenvalue weighted by Crippen LogP contribution is 2.34. The molecule has 0 atom stereocenters. The summed E-state index contributed by atoms with van der Waals surface area (Å²) in [6.07, 6.45) is 1.74. The Morgan fingerprint density at radius 3 is 2.55 bits per heavy atom. The third-order valence-electron chi connectivity index (χ3n) is 4.41. The fourth-order valence-corrected chi connectivity index (χ4v) is 4.02. The molecule has 33 heavy (non-hydrogen) atoms. The first-order chi connectivity index (χ1) is 16.0. The Kier molecular flexibility index (Phi) is 7.34. The van der Waals surface area contributed by atoms with Crippen LogP contribution in [-0.4, -0.2) is 23.6 Å². The van der Waals surface area contributed by atoms with E-state index in [-0.39, 0.29) is 18.4 Å². The molecule has 1 aliphatic heterocycles. The number of rotatable bonds is 6. The number of hydrogen-bond acceptors (Lipinski definition) is 5. The van der Waals surface area contributed by atoms with Crippen LogP contribution in [0.4, 0.5) is 11.4 Å². The number of thioether (sulfide) groups is 1. The van der Waals surface area contributed by atoms with Gasteiger partial charge >= 0.3 is 0 Å². The van der Waals surface area contributed by atoms with E-state index in [0.29, 0.717) is 37.2 Å². The molecule has 0 aromatic heterocycles. The third kappa shape index (κ3) is 6.16. The van der Waals surface area contributed by atoms with Crippen molar-refractivity contribution in [2.75, 3.05) is 11.9 Å². The van der Waals surface area contributed by atoms with Gasteiger partial charge in [0, 0.05) is 5.69 Å². The minimum absolute atomic E-state index is 0.112. The summed E-state index contributed by atoms with van der Waals surface area (Å²) >= 11 is 13.4. The van der Waals surface area contributed by atoms with Crippen molar-refractivity contribution in [2.45, 2.75) is 0 Å². The molecule has 0 unspecified atom stereocenters. The molecule has 1 fully saturated rings. The fourth-order valence-electron chi connectivity index (χ4n) is 2.85. The van der Waals surface area contributed by atoms with Crippen molar-refractivity contribution in [2.24, 2.45) is 4.99 Å². The molecule has 0 radical (unpaired) electrons. The molecule has 1 aliphatic rings. The Balaban J connectivity index is 1.36. The zero-order chi connectivity index (χ0) is 23.2. The molecule has 0 spiro atoms. The summed E-state index contributed by atoms with van der Waals surface area (Å²) in [5, 5.41) is 6.61.